The van der Waals surface area contributed by atoms with Crippen LogP contribution in [0.1, 0.15) is 20.8 Å². The predicted octanol–water partition coefficient (Wildman–Crippen LogP) is 1.41. The summed E-state index contributed by atoms with van der Waals surface area (Å²) in [6.45, 7) is 6.10. The molecule has 0 fully saturated rings. The van der Waals surface area contributed by atoms with E-state index >= 15 is 0 Å². The van der Waals surface area contributed by atoms with Gasteiger partial charge in [0.1, 0.15) is 0 Å². The summed E-state index contributed by atoms with van der Waals surface area (Å²) in [5, 5.41) is 5.19. The van der Waals surface area contributed by atoms with Gasteiger partial charge in [0.05, 0.1) is 0 Å². The van der Waals surface area contributed by atoms with E-state index in [0.717, 1.165) is 0 Å². The van der Waals surface area contributed by atoms with Crippen LogP contribution >= 0.6 is 11.6 Å². The van der Waals surface area contributed by atoms with Gasteiger partial charge in [-0.05, 0) is 26.8 Å². The molecule has 0 bridgehead atoms. The summed E-state index contributed by atoms with van der Waals surface area (Å²) in [5.41, 5.74) is -0.0722. The molecule has 1 unspecified atom stereocenters. The van der Waals surface area contributed by atoms with Crippen LogP contribution in [0.25, 0.3) is 0 Å². The third kappa shape index (κ3) is 2.83. The van der Waals surface area contributed by atoms with Crippen LogP contribution in [0.2, 0.25) is 0 Å². The number of allylic oxidation sites excluding steroid dienone is 1. The highest BCUT2D eigenvalue weighted by molar-refractivity contribution is 6.23. The van der Waals surface area contributed by atoms with Gasteiger partial charge in [-0.25, -0.2) is 4.99 Å². The Morgan fingerprint density at radius 3 is 2.58 bits per heavy atom. The van der Waals surface area contributed by atoms with Crippen LogP contribution in [0, 0.1) is 0 Å². The van der Waals surface area contributed by atoms with Crippen molar-refractivity contribution in [3.63, 3.8) is 0 Å². The lowest BCUT2D eigenvalue weighted by molar-refractivity contribution is 0.309. The van der Waals surface area contributed by atoms with E-state index < -0.39 is 5.25 Å². The topological polar surface area (TPSA) is 36.4 Å². The Balaban J connectivity index is 2.62. The third-order valence-corrected chi connectivity index (χ3v) is 1.55. The first kappa shape index (κ1) is 9.55. The molecule has 1 aliphatic heterocycles. The normalized spacial score (nSPS) is 28.7. The summed E-state index contributed by atoms with van der Waals surface area (Å²) in [7, 11) is 0. The van der Waals surface area contributed by atoms with Gasteiger partial charge in [0.15, 0.2) is 0 Å². The molecule has 0 aromatic rings. The van der Waals surface area contributed by atoms with Crippen LogP contribution in [0.15, 0.2) is 17.3 Å². The molecule has 12 heavy (non-hydrogen) atoms. The van der Waals surface area contributed by atoms with Crippen LogP contribution in [-0.4, -0.2) is 17.0 Å². The molecule has 0 amide bonds. The number of nitrogens with zero attached hydrogens (tertiary/aromatic N) is 1. The molecule has 2 N–H and O–H groups in total. The van der Waals surface area contributed by atoms with E-state index in [-0.39, 0.29) is 5.54 Å². The van der Waals surface area contributed by atoms with E-state index in [0.29, 0.717) is 0 Å². The van der Waals surface area contributed by atoms with Crippen molar-refractivity contribution in [2.24, 2.45) is 4.99 Å². The highest BCUT2D eigenvalue weighted by atomic mass is 35.5. The maximum Gasteiger partial charge on any atom is 0.265 e. The van der Waals surface area contributed by atoms with Crippen LogP contribution in [0.4, 0.5) is 0 Å². The molecule has 0 aromatic heterocycles. The number of rotatable bonds is 1. The third-order valence-electron chi connectivity index (χ3n) is 1.25. The second kappa shape index (κ2) is 3.07. The van der Waals surface area contributed by atoms with Gasteiger partial charge < -0.3 is 5.32 Å². The summed E-state index contributed by atoms with van der Waals surface area (Å²) in [5.74, 6) is 0. The summed E-state index contributed by atoms with van der Waals surface area (Å²) < 4.78 is 0. The Morgan fingerprint density at radius 1 is 1.50 bits per heavy atom. The Hall–Kier alpha value is -0.540. The highest BCUT2D eigenvalue weighted by Gasteiger charge is 2.29. The fraction of sp³-hybridized carbons (Fsp3) is 0.625. The number of hydrogen-bond donors (Lipinski definition) is 2. The van der Waals surface area contributed by atoms with Crippen LogP contribution in [-0.2, 0) is 0 Å². The largest absolute Gasteiger partial charge is 0.342 e. The Morgan fingerprint density at radius 2 is 2.17 bits per heavy atom. The van der Waals surface area contributed by atoms with Crippen molar-refractivity contribution in [2.45, 2.75) is 31.6 Å². The molecular weight excluding hydrogens is 174 g/mol. The van der Waals surface area contributed by atoms with Crippen molar-refractivity contribution in [2.75, 3.05) is 0 Å². The summed E-state index contributed by atoms with van der Waals surface area (Å²) >= 11 is 6.09. The number of hydrogen-bond acceptors (Lipinski definition) is 3. The molecule has 0 spiro atoms. The fourth-order valence-corrected chi connectivity index (χ4v) is 1.35. The van der Waals surface area contributed by atoms with E-state index in [1.165, 1.54) is 0 Å². The van der Waals surface area contributed by atoms with Gasteiger partial charge in [0.2, 0.25) is 0 Å². The van der Waals surface area contributed by atoms with Crippen molar-refractivity contribution < 1.29 is 0 Å². The Labute approximate surface area is 77.9 Å². The van der Waals surface area contributed by atoms with Gasteiger partial charge in [0.25, 0.3) is 5.25 Å². The van der Waals surface area contributed by atoms with Gasteiger partial charge in [-0.3, -0.25) is 5.32 Å². The quantitative estimate of drug-likeness (QED) is 0.481. The zero-order chi connectivity index (χ0) is 9.24. The molecule has 0 saturated carbocycles. The molecule has 0 saturated heterocycles. The monoisotopic (exact) mass is 187 g/mol. The van der Waals surface area contributed by atoms with Gasteiger partial charge in [0, 0.05) is 18.0 Å². The van der Waals surface area contributed by atoms with Crippen LogP contribution < -0.4 is 10.6 Å². The Kier molecular flexibility index (Phi) is 2.44. The fourth-order valence-electron chi connectivity index (χ4n) is 0.950. The predicted molar refractivity (Wildman–Crippen MR) is 52.2 cm³/mol. The molecule has 1 heterocycles. The van der Waals surface area contributed by atoms with E-state index in [2.05, 4.69) is 15.6 Å². The van der Waals surface area contributed by atoms with E-state index in [9.17, 15) is 0 Å². The minimum Gasteiger partial charge on any atom is -0.342 e. The van der Waals surface area contributed by atoms with E-state index in [1.807, 2.05) is 20.8 Å². The first-order valence-corrected chi connectivity index (χ1v) is 4.25. The van der Waals surface area contributed by atoms with Crippen molar-refractivity contribution in [1.82, 2.24) is 10.6 Å². The van der Waals surface area contributed by atoms with Gasteiger partial charge in [-0.2, -0.15) is 0 Å². The standard InChI is InChI=1S/C8H14ClN3/c1-7(2,3)12-8(9)10-5-4-6-11-8/h4-6,10,12H,1-3H3. The molecule has 0 aromatic carbocycles. The first-order valence-electron chi connectivity index (χ1n) is 3.88. The summed E-state index contributed by atoms with van der Waals surface area (Å²) in [6, 6.07) is 0. The molecule has 68 valence electrons. The number of halogens is 1. The first-order chi connectivity index (χ1) is 5.41. The van der Waals surface area contributed by atoms with Crippen molar-refractivity contribution in [3.8, 4) is 0 Å². The number of alkyl halides is 1. The smallest absolute Gasteiger partial charge is 0.265 e. The molecule has 0 radical (unpaired) electrons. The number of nitrogens with one attached hydrogen (secondary N) is 2. The molecule has 1 rings (SSSR count). The van der Waals surface area contributed by atoms with Crippen molar-refractivity contribution in [3.05, 3.63) is 12.3 Å². The second-order valence-electron chi connectivity index (χ2n) is 3.78. The van der Waals surface area contributed by atoms with Crippen LogP contribution in [0.3, 0.4) is 0 Å². The summed E-state index contributed by atoms with van der Waals surface area (Å²) in [6.07, 6.45) is 5.23. The lowest BCUT2D eigenvalue weighted by Gasteiger charge is -2.33. The molecule has 1 atom stereocenters. The zero-order valence-electron chi connectivity index (χ0n) is 7.56. The van der Waals surface area contributed by atoms with Crippen molar-refractivity contribution >= 4 is 17.8 Å². The Bertz CT molecular complexity index is 217. The minimum atomic E-state index is -0.882. The van der Waals surface area contributed by atoms with Gasteiger partial charge in [-0.1, -0.05) is 11.6 Å². The highest BCUT2D eigenvalue weighted by Crippen LogP contribution is 2.15. The average Bonchev–Trinajstić information content (AvgIpc) is 1.83. The zero-order valence-corrected chi connectivity index (χ0v) is 8.31. The molecule has 3 nitrogen and oxygen atoms in total. The number of aliphatic imine (C=N–C) groups is 1. The van der Waals surface area contributed by atoms with Gasteiger partial charge in [-0.15, -0.1) is 0 Å². The maximum atomic E-state index is 6.09. The maximum absolute atomic E-state index is 6.09. The van der Waals surface area contributed by atoms with Crippen molar-refractivity contribution in [1.29, 1.82) is 0 Å². The van der Waals surface area contributed by atoms with E-state index in [1.54, 1.807) is 18.5 Å². The van der Waals surface area contributed by atoms with E-state index in [4.69, 9.17) is 11.6 Å². The lowest BCUT2D eigenvalue weighted by atomic mass is 10.1. The molecule has 4 heteroatoms. The SMILES string of the molecule is CC(C)(C)NC1(Cl)N=CC=CN1. The lowest BCUT2D eigenvalue weighted by Crippen LogP contribution is -2.56. The minimum absolute atomic E-state index is 0.0722. The molecule has 1 aliphatic rings. The molecular formula is C8H14ClN3. The second-order valence-corrected chi connectivity index (χ2v) is 4.33. The molecule has 0 aliphatic carbocycles. The summed E-state index contributed by atoms with van der Waals surface area (Å²) in [4.78, 5) is 4.08. The van der Waals surface area contributed by atoms with Crippen LogP contribution in [0.5, 0.6) is 0 Å². The van der Waals surface area contributed by atoms with Gasteiger partial charge >= 0.3 is 0 Å². The average molecular weight is 188 g/mol.